The quantitative estimate of drug-likeness (QED) is 0.689. The zero-order valence-corrected chi connectivity index (χ0v) is 16.2. The first-order chi connectivity index (χ1) is 13.7. The first-order valence-corrected chi connectivity index (χ1v) is 9.83. The lowest BCUT2D eigenvalue weighted by atomic mass is 9.86. The van der Waals surface area contributed by atoms with Crippen LogP contribution in [0.25, 0.3) is 0 Å². The molecular formula is C22H26N6. The molecule has 0 saturated heterocycles. The van der Waals surface area contributed by atoms with Crippen molar-refractivity contribution in [3.8, 4) is 17.9 Å². The topological polar surface area (TPSA) is 99.6 Å². The predicted molar refractivity (Wildman–Crippen MR) is 112 cm³/mol. The summed E-state index contributed by atoms with van der Waals surface area (Å²) in [4.78, 5) is 9.01. The highest BCUT2D eigenvalue weighted by Gasteiger charge is 2.17. The lowest BCUT2D eigenvalue weighted by molar-refractivity contribution is 0.381. The van der Waals surface area contributed by atoms with Crippen LogP contribution in [0, 0.1) is 29.1 Å². The van der Waals surface area contributed by atoms with Crippen LogP contribution in [0.3, 0.4) is 0 Å². The lowest BCUT2D eigenvalue weighted by Crippen LogP contribution is -2.27. The number of nitrogens with two attached hydrogens (primary N) is 1. The molecule has 0 aliphatic heterocycles. The molecule has 0 radical (unpaired) electrons. The molecule has 1 fully saturated rings. The molecule has 3 rings (SSSR count). The lowest BCUT2D eigenvalue weighted by Gasteiger charge is -2.22. The molecule has 2 atom stereocenters. The van der Waals surface area contributed by atoms with Crippen LogP contribution in [0.1, 0.15) is 50.2 Å². The van der Waals surface area contributed by atoms with Gasteiger partial charge in [0.25, 0.3) is 0 Å². The average Bonchev–Trinajstić information content (AvgIpc) is 2.72. The van der Waals surface area contributed by atoms with Crippen molar-refractivity contribution in [1.82, 2.24) is 9.97 Å². The minimum absolute atomic E-state index is 0.265. The maximum absolute atomic E-state index is 8.90. The molecule has 1 saturated carbocycles. The standard InChI is InChI=1S/C22H26N6/c1-2-12-25-21-18(9-6-16-4-3-5-19(24)13-16)15-26-22(28-21)27-20-10-7-17(14-23)8-11-20/h7-8,10-11,15-16,19H,2-5,12-13,24H2,1H3,(H2,25,26,27,28)/t16-,19-/m0/s1. The van der Waals surface area contributed by atoms with E-state index in [1.165, 1.54) is 0 Å². The highest BCUT2D eigenvalue weighted by Crippen LogP contribution is 2.23. The summed E-state index contributed by atoms with van der Waals surface area (Å²) in [7, 11) is 0. The third kappa shape index (κ3) is 5.45. The Kier molecular flexibility index (Phi) is 6.84. The molecule has 0 unspecified atom stereocenters. The first-order valence-electron chi connectivity index (χ1n) is 9.83. The van der Waals surface area contributed by atoms with Crippen LogP contribution in [0.15, 0.2) is 30.5 Å². The number of rotatable bonds is 5. The molecule has 2 aromatic rings. The number of nitriles is 1. The Morgan fingerprint density at radius 2 is 2.07 bits per heavy atom. The van der Waals surface area contributed by atoms with E-state index in [1.807, 2.05) is 12.1 Å². The number of hydrogen-bond donors (Lipinski definition) is 3. The summed E-state index contributed by atoms with van der Waals surface area (Å²) in [5, 5.41) is 15.4. The summed E-state index contributed by atoms with van der Waals surface area (Å²) in [6.07, 6.45) is 7.06. The average molecular weight is 374 g/mol. The summed E-state index contributed by atoms with van der Waals surface area (Å²) in [6, 6.07) is 9.56. The van der Waals surface area contributed by atoms with E-state index >= 15 is 0 Å². The van der Waals surface area contributed by atoms with Crippen molar-refractivity contribution >= 4 is 17.5 Å². The number of aromatic nitrogens is 2. The van der Waals surface area contributed by atoms with Gasteiger partial charge in [0.2, 0.25) is 5.95 Å². The molecule has 6 nitrogen and oxygen atoms in total. The minimum atomic E-state index is 0.265. The number of nitrogens with one attached hydrogen (secondary N) is 2. The highest BCUT2D eigenvalue weighted by molar-refractivity contribution is 5.60. The van der Waals surface area contributed by atoms with Crippen molar-refractivity contribution in [2.75, 3.05) is 17.2 Å². The molecule has 1 heterocycles. The van der Waals surface area contributed by atoms with Crippen molar-refractivity contribution in [1.29, 1.82) is 5.26 Å². The van der Waals surface area contributed by atoms with E-state index < -0.39 is 0 Å². The second-order valence-corrected chi connectivity index (χ2v) is 7.09. The van der Waals surface area contributed by atoms with Crippen LogP contribution in [0.4, 0.5) is 17.5 Å². The largest absolute Gasteiger partial charge is 0.369 e. The third-order valence-electron chi connectivity index (χ3n) is 4.73. The second kappa shape index (κ2) is 9.73. The number of anilines is 3. The van der Waals surface area contributed by atoms with Gasteiger partial charge in [0.1, 0.15) is 5.82 Å². The van der Waals surface area contributed by atoms with Crippen LogP contribution in [-0.2, 0) is 0 Å². The SMILES string of the molecule is CCCNc1nc(Nc2ccc(C#N)cc2)ncc1C#C[C@@H]1CCC[C@H](N)C1. The Morgan fingerprint density at radius 3 is 2.79 bits per heavy atom. The fourth-order valence-corrected chi connectivity index (χ4v) is 3.21. The van der Waals surface area contributed by atoms with Crippen LogP contribution in [-0.4, -0.2) is 22.6 Å². The summed E-state index contributed by atoms with van der Waals surface area (Å²) >= 11 is 0. The van der Waals surface area contributed by atoms with Gasteiger partial charge in [-0.1, -0.05) is 25.2 Å². The van der Waals surface area contributed by atoms with E-state index in [-0.39, 0.29) is 6.04 Å². The summed E-state index contributed by atoms with van der Waals surface area (Å²) in [5.74, 6) is 8.20. The van der Waals surface area contributed by atoms with Gasteiger partial charge < -0.3 is 16.4 Å². The number of hydrogen-bond acceptors (Lipinski definition) is 6. The minimum Gasteiger partial charge on any atom is -0.369 e. The van der Waals surface area contributed by atoms with Gasteiger partial charge in [0.05, 0.1) is 23.4 Å². The molecule has 6 heteroatoms. The molecule has 1 aliphatic rings. The van der Waals surface area contributed by atoms with Gasteiger partial charge in [-0.05, 0) is 49.9 Å². The van der Waals surface area contributed by atoms with Gasteiger partial charge in [-0.25, -0.2) is 4.98 Å². The van der Waals surface area contributed by atoms with Crippen molar-refractivity contribution in [3.63, 3.8) is 0 Å². The molecule has 1 aliphatic carbocycles. The van der Waals surface area contributed by atoms with E-state index in [1.54, 1.807) is 18.3 Å². The number of nitrogens with zero attached hydrogens (tertiary/aromatic N) is 3. The fraction of sp³-hybridized carbons (Fsp3) is 0.409. The van der Waals surface area contributed by atoms with Crippen LogP contribution < -0.4 is 16.4 Å². The highest BCUT2D eigenvalue weighted by atomic mass is 15.1. The van der Waals surface area contributed by atoms with Crippen molar-refractivity contribution in [2.24, 2.45) is 11.7 Å². The van der Waals surface area contributed by atoms with Gasteiger partial charge in [-0.3, -0.25) is 0 Å². The molecule has 0 spiro atoms. The van der Waals surface area contributed by atoms with Gasteiger partial charge >= 0.3 is 0 Å². The summed E-state index contributed by atoms with van der Waals surface area (Å²) < 4.78 is 0. The predicted octanol–water partition coefficient (Wildman–Crippen LogP) is 3.78. The maximum Gasteiger partial charge on any atom is 0.229 e. The molecule has 144 valence electrons. The van der Waals surface area contributed by atoms with Gasteiger partial charge in [0, 0.05) is 24.2 Å². The normalized spacial score (nSPS) is 18.5. The van der Waals surface area contributed by atoms with Gasteiger partial charge in [-0.15, -0.1) is 0 Å². The Bertz CT molecular complexity index is 888. The van der Waals surface area contributed by atoms with Crippen LogP contribution in [0.5, 0.6) is 0 Å². The second-order valence-electron chi connectivity index (χ2n) is 7.09. The maximum atomic E-state index is 8.90. The zero-order chi connectivity index (χ0) is 19.8. The summed E-state index contributed by atoms with van der Waals surface area (Å²) in [6.45, 7) is 2.93. The molecule has 0 bridgehead atoms. The molecule has 1 aromatic heterocycles. The van der Waals surface area contributed by atoms with E-state index in [4.69, 9.17) is 11.0 Å². The summed E-state index contributed by atoms with van der Waals surface area (Å²) in [5.41, 5.74) is 8.32. The Balaban J connectivity index is 1.78. The molecule has 1 aromatic carbocycles. The Labute approximate surface area is 166 Å². The molecule has 0 amide bonds. The van der Waals surface area contributed by atoms with Crippen molar-refractivity contribution in [3.05, 3.63) is 41.6 Å². The monoisotopic (exact) mass is 374 g/mol. The van der Waals surface area contributed by atoms with Gasteiger partial charge in [0.15, 0.2) is 0 Å². The zero-order valence-electron chi connectivity index (χ0n) is 16.2. The van der Waals surface area contributed by atoms with E-state index in [0.717, 1.165) is 55.7 Å². The fourth-order valence-electron chi connectivity index (χ4n) is 3.21. The van der Waals surface area contributed by atoms with Gasteiger partial charge in [-0.2, -0.15) is 10.2 Å². The van der Waals surface area contributed by atoms with Crippen LogP contribution in [0.2, 0.25) is 0 Å². The smallest absolute Gasteiger partial charge is 0.229 e. The number of benzene rings is 1. The van der Waals surface area contributed by atoms with Crippen molar-refractivity contribution < 1.29 is 0 Å². The van der Waals surface area contributed by atoms with Crippen LogP contribution >= 0.6 is 0 Å². The Morgan fingerprint density at radius 1 is 1.25 bits per heavy atom. The molecule has 28 heavy (non-hydrogen) atoms. The van der Waals surface area contributed by atoms with E-state index in [0.29, 0.717) is 17.4 Å². The molecular weight excluding hydrogens is 348 g/mol. The first kappa shape index (κ1) is 19.7. The van der Waals surface area contributed by atoms with E-state index in [9.17, 15) is 0 Å². The van der Waals surface area contributed by atoms with E-state index in [2.05, 4.69) is 45.4 Å². The Hall–Kier alpha value is -3.09. The van der Waals surface area contributed by atoms with Crippen molar-refractivity contribution in [2.45, 2.75) is 45.1 Å². The third-order valence-corrected chi connectivity index (χ3v) is 4.73. The molecule has 4 N–H and O–H groups in total.